The number of hydrogen-bond donors (Lipinski definition) is 6. The van der Waals surface area contributed by atoms with Crippen molar-refractivity contribution >= 4 is 5.78 Å². The summed E-state index contributed by atoms with van der Waals surface area (Å²) in [4.78, 5) is 13.4. The molecule has 0 aromatic rings. The van der Waals surface area contributed by atoms with E-state index in [1.807, 2.05) is 6.08 Å². The molecular formula is C43H82O9. The highest BCUT2D eigenvalue weighted by Crippen LogP contribution is 2.24. The van der Waals surface area contributed by atoms with Crippen LogP contribution in [-0.2, 0) is 14.3 Å². The average molecular weight is 743 g/mol. The SMILES string of the molecule is CCC(C)CCCCCCCCCCCCCCC[C@@H](O)C(=O)[C@@H](CO[C@@H]1O[C@H](CO)[C@H](O)[C@H](O)[C@H]1O)[C@H](O)/C=C/CCCCCCCCC(C)C. The van der Waals surface area contributed by atoms with Crippen molar-refractivity contribution in [2.75, 3.05) is 13.2 Å². The third kappa shape index (κ3) is 22.5. The summed E-state index contributed by atoms with van der Waals surface area (Å²) in [6, 6.07) is 0. The minimum absolute atomic E-state index is 0.292. The van der Waals surface area contributed by atoms with Gasteiger partial charge in [0.15, 0.2) is 12.1 Å². The molecule has 0 aromatic heterocycles. The van der Waals surface area contributed by atoms with E-state index in [2.05, 4.69) is 27.7 Å². The minimum Gasteiger partial charge on any atom is -0.394 e. The third-order valence-electron chi connectivity index (χ3n) is 11.0. The van der Waals surface area contributed by atoms with Gasteiger partial charge in [-0.2, -0.15) is 0 Å². The molecule has 308 valence electrons. The molecule has 1 unspecified atom stereocenters. The number of ether oxygens (including phenoxy) is 2. The highest BCUT2D eigenvalue weighted by Gasteiger charge is 2.44. The van der Waals surface area contributed by atoms with Gasteiger partial charge < -0.3 is 40.1 Å². The Hall–Kier alpha value is -0.910. The summed E-state index contributed by atoms with van der Waals surface area (Å²) in [7, 11) is 0. The first-order valence-electron chi connectivity index (χ1n) is 21.5. The van der Waals surface area contributed by atoms with Gasteiger partial charge in [-0.15, -0.1) is 0 Å². The molecule has 0 saturated carbocycles. The fourth-order valence-electron chi connectivity index (χ4n) is 7.01. The van der Waals surface area contributed by atoms with Crippen LogP contribution in [0.15, 0.2) is 12.2 Å². The Morgan fingerprint density at radius 3 is 1.65 bits per heavy atom. The van der Waals surface area contributed by atoms with E-state index in [1.165, 1.54) is 103 Å². The first kappa shape index (κ1) is 49.1. The maximum absolute atomic E-state index is 13.4. The topological polar surface area (TPSA) is 157 Å². The lowest BCUT2D eigenvalue weighted by molar-refractivity contribution is -0.303. The van der Waals surface area contributed by atoms with Gasteiger partial charge in [-0.1, -0.05) is 175 Å². The van der Waals surface area contributed by atoms with E-state index in [-0.39, 0.29) is 6.61 Å². The summed E-state index contributed by atoms with van der Waals surface area (Å²) < 4.78 is 11.1. The molecule has 0 aromatic carbocycles. The van der Waals surface area contributed by atoms with E-state index < -0.39 is 61.2 Å². The van der Waals surface area contributed by atoms with Crippen LogP contribution in [0.3, 0.4) is 0 Å². The molecule has 1 saturated heterocycles. The van der Waals surface area contributed by atoms with E-state index in [1.54, 1.807) is 6.08 Å². The van der Waals surface area contributed by atoms with Gasteiger partial charge in [0.05, 0.1) is 25.2 Å². The van der Waals surface area contributed by atoms with Gasteiger partial charge in [-0.3, -0.25) is 4.79 Å². The maximum Gasteiger partial charge on any atom is 0.186 e. The summed E-state index contributed by atoms with van der Waals surface area (Å²) in [5, 5.41) is 62.0. The lowest BCUT2D eigenvalue weighted by atomic mass is 9.91. The quantitative estimate of drug-likeness (QED) is 0.0285. The van der Waals surface area contributed by atoms with Gasteiger partial charge in [0, 0.05) is 0 Å². The number of rotatable bonds is 34. The molecule has 0 aliphatic carbocycles. The molecule has 6 N–H and O–H groups in total. The molecule has 1 heterocycles. The Bertz CT molecular complexity index is 866. The number of aliphatic hydroxyl groups excluding tert-OH is 6. The summed E-state index contributed by atoms with van der Waals surface area (Å²) in [5.41, 5.74) is 0. The van der Waals surface area contributed by atoms with Crippen molar-refractivity contribution in [3.05, 3.63) is 12.2 Å². The van der Waals surface area contributed by atoms with Crippen molar-refractivity contribution in [3.63, 3.8) is 0 Å². The number of allylic oxidation sites excluding steroid dienone is 1. The highest BCUT2D eigenvalue weighted by molar-refractivity contribution is 5.86. The predicted molar refractivity (Wildman–Crippen MR) is 210 cm³/mol. The van der Waals surface area contributed by atoms with Crippen LogP contribution in [0.5, 0.6) is 0 Å². The van der Waals surface area contributed by atoms with Crippen molar-refractivity contribution in [2.24, 2.45) is 17.8 Å². The van der Waals surface area contributed by atoms with Crippen LogP contribution >= 0.6 is 0 Å². The van der Waals surface area contributed by atoms with E-state index >= 15 is 0 Å². The normalized spacial score (nSPS) is 23.3. The predicted octanol–water partition coefficient (Wildman–Crippen LogP) is 7.94. The van der Waals surface area contributed by atoms with Crippen molar-refractivity contribution in [1.82, 2.24) is 0 Å². The number of carbonyl (C=O) groups excluding carboxylic acids is 1. The zero-order valence-corrected chi connectivity index (χ0v) is 33.7. The number of hydrogen-bond acceptors (Lipinski definition) is 9. The van der Waals surface area contributed by atoms with Crippen LogP contribution in [-0.4, -0.2) is 92.5 Å². The van der Waals surface area contributed by atoms with Gasteiger partial charge >= 0.3 is 0 Å². The third-order valence-corrected chi connectivity index (χ3v) is 11.0. The lowest BCUT2D eigenvalue weighted by Gasteiger charge is -2.40. The number of aliphatic hydroxyl groups is 6. The van der Waals surface area contributed by atoms with Crippen LogP contribution in [0.4, 0.5) is 0 Å². The first-order valence-corrected chi connectivity index (χ1v) is 21.5. The summed E-state index contributed by atoms with van der Waals surface area (Å²) in [6.07, 6.45) is 21.3. The van der Waals surface area contributed by atoms with Gasteiger partial charge in [0.1, 0.15) is 30.5 Å². The summed E-state index contributed by atoms with van der Waals surface area (Å²) in [6.45, 7) is 8.15. The molecule has 9 atom stereocenters. The second-order valence-electron chi connectivity index (χ2n) is 16.3. The van der Waals surface area contributed by atoms with E-state index in [0.717, 1.165) is 50.4 Å². The van der Waals surface area contributed by atoms with Gasteiger partial charge in [0.2, 0.25) is 0 Å². The molecule has 0 radical (unpaired) electrons. The zero-order valence-electron chi connectivity index (χ0n) is 33.7. The van der Waals surface area contributed by atoms with E-state index in [9.17, 15) is 35.4 Å². The fourth-order valence-corrected chi connectivity index (χ4v) is 7.01. The van der Waals surface area contributed by atoms with Crippen molar-refractivity contribution in [1.29, 1.82) is 0 Å². The van der Waals surface area contributed by atoms with Crippen LogP contribution < -0.4 is 0 Å². The van der Waals surface area contributed by atoms with Crippen molar-refractivity contribution in [3.8, 4) is 0 Å². The fraction of sp³-hybridized carbons (Fsp3) is 0.930. The number of unbranched alkanes of at least 4 members (excludes halogenated alkanes) is 18. The van der Waals surface area contributed by atoms with Crippen LogP contribution in [0.25, 0.3) is 0 Å². The number of ketones is 1. The second-order valence-corrected chi connectivity index (χ2v) is 16.3. The Kier molecular flexibility index (Phi) is 29.6. The number of carbonyl (C=O) groups is 1. The average Bonchev–Trinajstić information content (AvgIpc) is 3.13. The van der Waals surface area contributed by atoms with Gasteiger partial charge in [0.25, 0.3) is 0 Å². The van der Waals surface area contributed by atoms with Crippen LogP contribution in [0.2, 0.25) is 0 Å². The maximum atomic E-state index is 13.4. The molecule has 1 rings (SSSR count). The second kappa shape index (κ2) is 31.3. The van der Waals surface area contributed by atoms with E-state index in [0.29, 0.717) is 12.8 Å². The Morgan fingerprint density at radius 2 is 1.15 bits per heavy atom. The first-order chi connectivity index (χ1) is 25.0. The van der Waals surface area contributed by atoms with Crippen LogP contribution in [0.1, 0.15) is 182 Å². The monoisotopic (exact) mass is 743 g/mol. The molecule has 0 amide bonds. The molecule has 9 nitrogen and oxygen atoms in total. The Labute approximate surface area is 318 Å². The minimum atomic E-state index is -1.62. The Balaban J connectivity index is 2.45. The molecule has 1 fully saturated rings. The Morgan fingerprint density at radius 1 is 0.673 bits per heavy atom. The summed E-state index contributed by atoms with van der Waals surface area (Å²) >= 11 is 0. The molecule has 9 heteroatoms. The standard InChI is InChI=1S/C43H82O9/c1-5-34(4)28-24-20-16-11-9-7-6-8-10-12-18-22-26-30-37(46)39(47)35(32-51-43-42(50)41(49)40(48)38(31-44)52-43)36(45)29-25-21-17-14-13-15-19-23-27-33(2)3/h25,29,33-38,40-46,48-50H,5-24,26-28,30-32H2,1-4H3/b29-25+/t34?,35-,36+,37+,38+,40-,41-,42+,43+/m0/s1. The van der Waals surface area contributed by atoms with Gasteiger partial charge in [-0.05, 0) is 31.1 Å². The smallest absolute Gasteiger partial charge is 0.186 e. The molecule has 1 aliphatic rings. The molecule has 52 heavy (non-hydrogen) atoms. The zero-order chi connectivity index (χ0) is 38.6. The van der Waals surface area contributed by atoms with Gasteiger partial charge in [-0.25, -0.2) is 0 Å². The lowest BCUT2D eigenvalue weighted by Crippen LogP contribution is -2.59. The van der Waals surface area contributed by atoms with Crippen molar-refractivity contribution < 1.29 is 44.9 Å². The van der Waals surface area contributed by atoms with E-state index in [4.69, 9.17) is 9.47 Å². The largest absolute Gasteiger partial charge is 0.394 e. The molecule has 0 spiro atoms. The molecular weight excluding hydrogens is 660 g/mol. The molecule has 1 aliphatic heterocycles. The van der Waals surface area contributed by atoms with Crippen LogP contribution in [0, 0.1) is 17.8 Å². The summed E-state index contributed by atoms with van der Waals surface area (Å²) in [5.74, 6) is -0.0480. The van der Waals surface area contributed by atoms with Crippen molar-refractivity contribution in [2.45, 2.75) is 225 Å². The number of Topliss-reactive ketones (excluding diaryl/α,β-unsaturated/α-hetero) is 1. The highest BCUT2D eigenvalue weighted by atomic mass is 16.7. The molecule has 0 bridgehead atoms.